The second-order valence-corrected chi connectivity index (χ2v) is 5.90. The number of nitrogens with zero attached hydrogens (tertiary/aromatic N) is 1. The van der Waals surface area contributed by atoms with Crippen molar-refractivity contribution in [3.05, 3.63) is 48.0 Å². The summed E-state index contributed by atoms with van der Waals surface area (Å²) in [6.45, 7) is 4.59. The maximum atomic E-state index is 3.54. The molecule has 2 atom stereocenters. The van der Waals surface area contributed by atoms with Crippen molar-refractivity contribution in [2.24, 2.45) is 0 Å². The van der Waals surface area contributed by atoms with Gasteiger partial charge in [-0.15, -0.1) is 0 Å². The number of hydrogen-bond acceptors (Lipinski definition) is 2. The number of benzene rings is 2. The lowest BCUT2D eigenvalue weighted by Crippen LogP contribution is -2.50. The van der Waals surface area contributed by atoms with Gasteiger partial charge in [0.1, 0.15) is 0 Å². The van der Waals surface area contributed by atoms with E-state index in [0.717, 1.165) is 6.42 Å². The molecule has 0 bridgehead atoms. The third-order valence-corrected chi connectivity index (χ3v) is 4.78. The summed E-state index contributed by atoms with van der Waals surface area (Å²) in [5.41, 5.74) is 1.46. The number of fused-ring (bicyclic) bond motifs is 1. The van der Waals surface area contributed by atoms with Gasteiger partial charge in [-0.1, -0.05) is 49.4 Å². The third-order valence-electron chi connectivity index (χ3n) is 4.78. The van der Waals surface area contributed by atoms with Crippen LogP contribution in [0, 0.1) is 0 Å². The van der Waals surface area contributed by atoms with Crippen LogP contribution < -0.4 is 5.32 Å². The first-order valence-corrected chi connectivity index (χ1v) is 7.37. The lowest BCUT2D eigenvalue weighted by Gasteiger charge is -2.43. The van der Waals surface area contributed by atoms with Crippen molar-refractivity contribution in [1.29, 1.82) is 0 Å². The normalized spacial score (nSPS) is 16.3. The summed E-state index contributed by atoms with van der Waals surface area (Å²) < 4.78 is 0. The molecule has 2 heteroatoms. The standard InChI is InChI=1S/C18H26N2/c1-6-18(2,20(4)5)17(19-3)16-13-9-11-14-10-7-8-12-15(14)16/h7-13,17,19H,6H2,1-5H3. The summed E-state index contributed by atoms with van der Waals surface area (Å²) in [5, 5.41) is 6.19. The number of rotatable bonds is 5. The lowest BCUT2D eigenvalue weighted by atomic mass is 9.82. The number of nitrogens with one attached hydrogen (secondary N) is 1. The van der Waals surface area contributed by atoms with Crippen molar-refractivity contribution < 1.29 is 0 Å². The van der Waals surface area contributed by atoms with E-state index in [2.05, 4.69) is 87.7 Å². The Hall–Kier alpha value is -1.38. The van der Waals surface area contributed by atoms with Crippen LogP contribution in [0.25, 0.3) is 10.8 Å². The van der Waals surface area contributed by atoms with Crippen molar-refractivity contribution in [3.8, 4) is 0 Å². The first-order chi connectivity index (χ1) is 9.54. The monoisotopic (exact) mass is 270 g/mol. The molecule has 2 rings (SSSR count). The topological polar surface area (TPSA) is 15.3 Å². The van der Waals surface area contributed by atoms with Crippen molar-refractivity contribution >= 4 is 10.8 Å². The Bertz CT molecular complexity index is 571. The SMILES string of the molecule is CCC(C)(C(NC)c1cccc2ccccc12)N(C)C. The van der Waals surface area contributed by atoms with E-state index < -0.39 is 0 Å². The Labute approximate surface area is 122 Å². The van der Waals surface area contributed by atoms with E-state index in [1.807, 2.05) is 0 Å². The summed E-state index contributed by atoms with van der Waals surface area (Å²) in [6, 6.07) is 15.5. The first kappa shape index (κ1) is 15.0. The molecule has 0 saturated carbocycles. The van der Waals surface area contributed by atoms with Crippen LogP contribution in [-0.4, -0.2) is 31.6 Å². The van der Waals surface area contributed by atoms with E-state index in [0.29, 0.717) is 6.04 Å². The molecule has 2 nitrogen and oxygen atoms in total. The highest BCUT2D eigenvalue weighted by Gasteiger charge is 2.35. The molecule has 0 spiro atoms. The molecule has 0 aromatic heterocycles. The lowest BCUT2D eigenvalue weighted by molar-refractivity contribution is 0.117. The highest BCUT2D eigenvalue weighted by Crippen LogP contribution is 2.35. The number of likely N-dealkylation sites (N-methyl/N-ethyl adjacent to an activating group) is 2. The average Bonchev–Trinajstić information content (AvgIpc) is 2.47. The minimum absolute atomic E-state index is 0.0822. The maximum Gasteiger partial charge on any atom is 0.0507 e. The Morgan fingerprint density at radius 1 is 1.10 bits per heavy atom. The van der Waals surface area contributed by atoms with Gasteiger partial charge < -0.3 is 10.2 Å². The molecule has 0 saturated heterocycles. The van der Waals surface area contributed by atoms with Gasteiger partial charge in [-0.05, 0) is 50.8 Å². The molecule has 0 aliphatic carbocycles. The Kier molecular flexibility index (Phi) is 4.46. The predicted molar refractivity (Wildman–Crippen MR) is 88.1 cm³/mol. The molecular weight excluding hydrogens is 244 g/mol. The molecule has 0 amide bonds. The largest absolute Gasteiger partial charge is 0.311 e. The fourth-order valence-corrected chi connectivity index (χ4v) is 3.08. The smallest absolute Gasteiger partial charge is 0.0507 e. The number of hydrogen-bond donors (Lipinski definition) is 1. The van der Waals surface area contributed by atoms with E-state index in [-0.39, 0.29) is 5.54 Å². The first-order valence-electron chi connectivity index (χ1n) is 7.37. The van der Waals surface area contributed by atoms with Crippen molar-refractivity contribution in [1.82, 2.24) is 10.2 Å². The van der Waals surface area contributed by atoms with Crippen LogP contribution in [0.2, 0.25) is 0 Å². The molecule has 0 radical (unpaired) electrons. The van der Waals surface area contributed by atoms with Gasteiger partial charge in [-0.2, -0.15) is 0 Å². The minimum Gasteiger partial charge on any atom is -0.311 e. The summed E-state index contributed by atoms with van der Waals surface area (Å²) in [5.74, 6) is 0. The van der Waals surface area contributed by atoms with E-state index in [4.69, 9.17) is 0 Å². The van der Waals surface area contributed by atoms with Crippen LogP contribution in [0.4, 0.5) is 0 Å². The zero-order valence-corrected chi connectivity index (χ0v) is 13.3. The highest BCUT2D eigenvalue weighted by atomic mass is 15.2. The van der Waals surface area contributed by atoms with Gasteiger partial charge in [0.25, 0.3) is 0 Å². The van der Waals surface area contributed by atoms with Gasteiger partial charge in [0.05, 0.1) is 6.04 Å². The minimum atomic E-state index is 0.0822. The molecule has 1 N–H and O–H groups in total. The van der Waals surface area contributed by atoms with Crippen molar-refractivity contribution in [2.45, 2.75) is 31.8 Å². The van der Waals surface area contributed by atoms with E-state index in [9.17, 15) is 0 Å². The summed E-state index contributed by atoms with van der Waals surface area (Å²) in [7, 11) is 6.39. The zero-order chi connectivity index (χ0) is 14.8. The summed E-state index contributed by atoms with van der Waals surface area (Å²) >= 11 is 0. The molecule has 20 heavy (non-hydrogen) atoms. The average molecular weight is 270 g/mol. The molecule has 0 aliphatic heterocycles. The molecular formula is C18H26N2. The van der Waals surface area contributed by atoms with Crippen LogP contribution >= 0.6 is 0 Å². The van der Waals surface area contributed by atoms with Gasteiger partial charge in [0, 0.05) is 5.54 Å². The van der Waals surface area contributed by atoms with Crippen molar-refractivity contribution in [2.75, 3.05) is 21.1 Å². The fraction of sp³-hybridized carbons (Fsp3) is 0.444. The summed E-state index contributed by atoms with van der Waals surface area (Å²) in [6.07, 6.45) is 1.09. The van der Waals surface area contributed by atoms with Gasteiger partial charge in [0.15, 0.2) is 0 Å². The Morgan fingerprint density at radius 2 is 1.75 bits per heavy atom. The molecule has 0 fully saturated rings. The molecule has 2 aromatic carbocycles. The Balaban J connectivity index is 2.60. The van der Waals surface area contributed by atoms with Crippen LogP contribution in [0.5, 0.6) is 0 Å². The van der Waals surface area contributed by atoms with Gasteiger partial charge in [0.2, 0.25) is 0 Å². The third kappa shape index (κ3) is 2.46. The van der Waals surface area contributed by atoms with Crippen LogP contribution in [0.1, 0.15) is 31.9 Å². The summed E-state index contributed by atoms with van der Waals surface area (Å²) in [4.78, 5) is 2.33. The van der Waals surface area contributed by atoms with E-state index in [1.165, 1.54) is 16.3 Å². The van der Waals surface area contributed by atoms with Gasteiger partial charge in [-0.25, -0.2) is 0 Å². The van der Waals surface area contributed by atoms with Crippen LogP contribution in [-0.2, 0) is 0 Å². The predicted octanol–water partition coefficient (Wildman–Crippen LogP) is 3.83. The Morgan fingerprint density at radius 3 is 2.35 bits per heavy atom. The van der Waals surface area contributed by atoms with Crippen molar-refractivity contribution in [3.63, 3.8) is 0 Å². The van der Waals surface area contributed by atoms with Gasteiger partial charge in [-0.3, -0.25) is 0 Å². The second kappa shape index (κ2) is 5.94. The zero-order valence-electron chi connectivity index (χ0n) is 13.3. The molecule has 108 valence electrons. The molecule has 2 unspecified atom stereocenters. The molecule has 0 aliphatic rings. The fourth-order valence-electron chi connectivity index (χ4n) is 3.08. The van der Waals surface area contributed by atoms with Crippen LogP contribution in [0.15, 0.2) is 42.5 Å². The molecule has 0 heterocycles. The van der Waals surface area contributed by atoms with Crippen LogP contribution in [0.3, 0.4) is 0 Å². The molecule has 2 aromatic rings. The van der Waals surface area contributed by atoms with E-state index >= 15 is 0 Å². The second-order valence-electron chi connectivity index (χ2n) is 5.90. The van der Waals surface area contributed by atoms with E-state index in [1.54, 1.807) is 0 Å². The quantitative estimate of drug-likeness (QED) is 0.888. The maximum absolute atomic E-state index is 3.54. The van der Waals surface area contributed by atoms with Gasteiger partial charge >= 0.3 is 0 Å². The highest BCUT2D eigenvalue weighted by molar-refractivity contribution is 5.86.